The Kier molecular flexibility index (Phi) is 3.88. The molecule has 2 rings (SSSR count). The van der Waals surface area contributed by atoms with Gasteiger partial charge in [-0.2, -0.15) is 5.10 Å². The molecular formula is C12H11BrN4S. The van der Waals surface area contributed by atoms with Crippen molar-refractivity contribution in [2.75, 3.05) is 5.32 Å². The molecule has 4 nitrogen and oxygen atoms in total. The van der Waals surface area contributed by atoms with Gasteiger partial charge in [0.15, 0.2) is 5.82 Å². The maximum Gasteiger partial charge on any atom is 0.163 e. The minimum Gasteiger partial charge on any atom is -0.389 e. The van der Waals surface area contributed by atoms with Gasteiger partial charge in [0, 0.05) is 10.2 Å². The number of rotatable bonds is 3. The summed E-state index contributed by atoms with van der Waals surface area (Å²) in [7, 11) is 0. The van der Waals surface area contributed by atoms with Crippen molar-refractivity contribution in [2.24, 2.45) is 5.73 Å². The molecule has 0 unspecified atom stereocenters. The fourth-order valence-electron chi connectivity index (χ4n) is 1.48. The SMILES string of the molecule is Cc1ccc(Br)cc1Nc1nnccc1C(N)=S. The van der Waals surface area contributed by atoms with Crippen LogP contribution in [-0.4, -0.2) is 15.2 Å². The Morgan fingerprint density at radius 2 is 2.17 bits per heavy atom. The van der Waals surface area contributed by atoms with Gasteiger partial charge in [-0.15, -0.1) is 5.10 Å². The fourth-order valence-corrected chi connectivity index (χ4v) is 2.01. The molecule has 0 spiro atoms. The Labute approximate surface area is 119 Å². The summed E-state index contributed by atoms with van der Waals surface area (Å²) in [5.41, 5.74) is 8.36. The van der Waals surface area contributed by atoms with Crippen LogP contribution < -0.4 is 11.1 Å². The van der Waals surface area contributed by atoms with Crippen LogP contribution in [0.15, 0.2) is 34.9 Å². The molecule has 0 radical (unpaired) electrons. The van der Waals surface area contributed by atoms with Crippen LogP contribution >= 0.6 is 28.1 Å². The zero-order valence-electron chi connectivity index (χ0n) is 9.64. The molecule has 0 saturated carbocycles. The highest BCUT2D eigenvalue weighted by Gasteiger charge is 2.08. The summed E-state index contributed by atoms with van der Waals surface area (Å²) in [5, 5.41) is 11.1. The Hall–Kier alpha value is -1.53. The Bertz CT molecular complexity index is 600. The third-order valence-corrected chi connectivity index (χ3v) is 3.15. The number of hydrogen-bond donors (Lipinski definition) is 2. The summed E-state index contributed by atoms with van der Waals surface area (Å²) >= 11 is 8.42. The lowest BCUT2D eigenvalue weighted by atomic mass is 10.2. The number of aryl methyl sites for hydroxylation is 1. The van der Waals surface area contributed by atoms with E-state index in [4.69, 9.17) is 18.0 Å². The normalized spacial score (nSPS) is 10.1. The molecule has 1 heterocycles. The molecule has 92 valence electrons. The molecule has 0 aliphatic carbocycles. The van der Waals surface area contributed by atoms with Gasteiger partial charge in [-0.1, -0.05) is 34.2 Å². The van der Waals surface area contributed by atoms with Crippen LogP contribution in [0.2, 0.25) is 0 Å². The molecule has 3 N–H and O–H groups in total. The summed E-state index contributed by atoms with van der Waals surface area (Å²) in [6.45, 7) is 2.01. The zero-order chi connectivity index (χ0) is 13.1. The number of halogens is 1. The number of thiocarbonyl (C=S) groups is 1. The molecule has 18 heavy (non-hydrogen) atoms. The van der Waals surface area contributed by atoms with Gasteiger partial charge in [0.25, 0.3) is 0 Å². The van der Waals surface area contributed by atoms with Gasteiger partial charge in [0.05, 0.1) is 11.8 Å². The molecule has 0 aliphatic rings. The summed E-state index contributed by atoms with van der Waals surface area (Å²) < 4.78 is 0.983. The monoisotopic (exact) mass is 322 g/mol. The number of benzene rings is 1. The van der Waals surface area contributed by atoms with Crippen molar-refractivity contribution in [3.8, 4) is 0 Å². The first-order valence-corrected chi connectivity index (χ1v) is 6.42. The Balaban J connectivity index is 2.40. The van der Waals surface area contributed by atoms with Crippen LogP contribution in [0.1, 0.15) is 11.1 Å². The molecule has 1 aromatic heterocycles. The van der Waals surface area contributed by atoms with Gasteiger partial charge < -0.3 is 11.1 Å². The van der Waals surface area contributed by atoms with E-state index in [1.165, 1.54) is 0 Å². The van der Waals surface area contributed by atoms with Crippen molar-refractivity contribution in [2.45, 2.75) is 6.92 Å². The Morgan fingerprint density at radius 1 is 1.39 bits per heavy atom. The minimum atomic E-state index is 0.292. The van der Waals surface area contributed by atoms with E-state index in [1.54, 1.807) is 12.3 Å². The van der Waals surface area contributed by atoms with E-state index in [1.807, 2.05) is 25.1 Å². The molecule has 0 atom stereocenters. The number of nitrogens with one attached hydrogen (secondary N) is 1. The van der Waals surface area contributed by atoms with Crippen molar-refractivity contribution >= 4 is 44.6 Å². The fraction of sp³-hybridized carbons (Fsp3) is 0.0833. The first-order chi connectivity index (χ1) is 8.58. The second-order valence-electron chi connectivity index (χ2n) is 3.74. The van der Waals surface area contributed by atoms with Gasteiger partial charge >= 0.3 is 0 Å². The van der Waals surface area contributed by atoms with E-state index < -0.39 is 0 Å². The van der Waals surface area contributed by atoms with Crippen LogP contribution in [0.4, 0.5) is 11.5 Å². The topological polar surface area (TPSA) is 63.8 Å². The smallest absolute Gasteiger partial charge is 0.163 e. The second kappa shape index (κ2) is 5.41. The molecule has 0 amide bonds. The summed E-state index contributed by atoms with van der Waals surface area (Å²) in [6.07, 6.45) is 1.56. The number of hydrogen-bond acceptors (Lipinski definition) is 4. The first kappa shape index (κ1) is 12.9. The van der Waals surface area contributed by atoms with Crippen LogP contribution in [0, 0.1) is 6.92 Å². The summed E-state index contributed by atoms with van der Waals surface area (Å²) in [5.74, 6) is 0.561. The molecule has 0 saturated heterocycles. The van der Waals surface area contributed by atoms with E-state index in [0.717, 1.165) is 15.7 Å². The highest BCUT2D eigenvalue weighted by Crippen LogP contribution is 2.24. The summed E-state index contributed by atoms with van der Waals surface area (Å²) in [6, 6.07) is 7.69. The first-order valence-electron chi connectivity index (χ1n) is 5.22. The van der Waals surface area contributed by atoms with E-state index in [9.17, 15) is 0 Å². The van der Waals surface area contributed by atoms with Crippen LogP contribution in [-0.2, 0) is 0 Å². The lowest BCUT2D eigenvalue weighted by molar-refractivity contribution is 1.03. The molecule has 1 aromatic carbocycles. The molecule has 0 fully saturated rings. The highest BCUT2D eigenvalue weighted by molar-refractivity contribution is 9.10. The van der Waals surface area contributed by atoms with E-state index in [-0.39, 0.29) is 0 Å². The summed E-state index contributed by atoms with van der Waals surface area (Å²) in [4.78, 5) is 0.292. The number of nitrogens with two attached hydrogens (primary N) is 1. The average molecular weight is 323 g/mol. The number of anilines is 2. The third kappa shape index (κ3) is 2.83. The van der Waals surface area contributed by atoms with Gasteiger partial charge in [-0.25, -0.2) is 0 Å². The lowest BCUT2D eigenvalue weighted by Gasteiger charge is -2.11. The molecule has 2 aromatic rings. The minimum absolute atomic E-state index is 0.292. The maximum atomic E-state index is 5.65. The van der Waals surface area contributed by atoms with E-state index in [0.29, 0.717) is 16.4 Å². The molecule has 0 aliphatic heterocycles. The Morgan fingerprint density at radius 3 is 2.89 bits per heavy atom. The van der Waals surface area contributed by atoms with E-state index >= 15 is 0 Å². The highest BCUT2D eigenvalue weighted by atomic mass is 79.9. The molecule has 6 heteroatoms. The van der Waals surface area contributed by atoms with Crippen molar-refractivity contribution in [1.29, 1.82) is 0 Å². The van der Waals surface area contributed by atoms with E-state index in [2.05, 4.69) is 31.4 Å². The van der Waals surface area contributed by atoms with Crippen molar-refractivity contribution in [3.05, 3.63) is 46.1 Å². The predicted molar refractivity (Wildman–Crippen MR) is 80.1 cm³/mol. The number of aromatic nitrogens is 2. The third-order valence-electron chi connectivity index (χ3n) is 2.44. The standard InChI is InChI=1S/C12H11BrN4S/c1-7-2-3-8(13)6-10(7)16-12-9(11(14)18)4-5-15-17-12/h2-6H,1H3,(H2,14,18)(H,16,17). The predicted octanol–water partition coefficient (Wildman–Crippen LogP) is 2.93. The second-order valence-corrected chi connectivity index (χ2v) is 5.10. The van der Waals surface area contributed by atoms with Crippen LogP contribution in [0.25, 0.3) is 0 Å². The van der Waals surface area contributed by atoms with Crippen molar-refractivity contribution < 1.29 is 0 Å². The van der Waals surface area contributed by atoms with Gasteiger partial charge in [0.2, 0.25) is 0 Å². The zero-order valence-corrected chi connectivity index (χ0v) is 12.0. The van der Waals surface area contributed by atoms with Crippen molar-refractivity contribution in [3.63, 3.8) is 0 Å². The quantitative estimate of drug-likeness (QED) is 0.851. The van der Waals surface area contributed by atoms with Crippen LogP contribution in [0.5, 0.6) is 0 Å². The van der Waals surface area contributed by atoms with Gasteiger partial charge in [-0.05, 0) is 30.7 Å². The lowest BCUT2D eigenvalue weighted by Crippen LogP contribution is -2.13. The molecular weight excluding hydrogens is 312 g/mol. The van der Waals surface area contributed by atoms with Crippen molar-refractivity contribution in [1.82, 2.24) is 10.2 Å². The van der Waals surface area contributed by atoms with Gasteiger partial charge in [0.1, 0.15) is 4.99 Å². The number of nitrogens with zero attached hydrogens (tertiary/aromatic N) is 2. The molecule has 0 bridgehead atoms. The largest absolute Gasteiger partial charge is 0.389 e. The van der Waals surface area contributed by atoms with Gasteiger partial charge in [-0.3, -0.25) is 0 Å². The maximum absolute atomic E-state index is 5.65. The average Bonchev–Trinajstić information content (AvgIpc) is 2.34. The van der Waals surface area contributed by atoms with Crippen LogP contribution in [0.3, 0.4) is 0 Å².